The normalized spacial score (nSPS) is 25.4. The molecule has 206 valence electrons. The SMILES string of the molecule is CN(C(=O)N1CC[C@@]2(Cc3ccc(F)cc3)c3ccc(C(C)(F)C(F)(F)F)cc3CC[C@@H]12)C1CCOCC1. The number of carbonyl (C=O) groups is 1. The number of nitrogens with zero attached hydrogens (tertiary/aromatic N) is 2. The van der Waals surface area contributed by atoms with E-state index < -0.39 is 22.8 Å². The maximum absolute atomic E-state index is 14.9. The Hall–Kier alpha value is -2.68. The first kappa shape index (κ1) is 26.9. The molecule has 5 rings (SSSR count). The zero-order valence-corrected chi connectivity index (χ0v) is 21.7. The Morgan fingerprint density at radius 1 is 1.08 bits per heavy atom. The molecule has 0 bridgehead atoms. The molecule has 0 spiro atoms. The second-order valence-electron chi connectivity index (χ2n) is 11.1. The van der Waals surface area contributed by atoms with Gasteiger partial charge in [-0.1, -0.05) is 30.3 Å². The van der Waals surface area contributed by atoms with Gasteiger partial charge < -0.3 is 14.5 Å². The lowest BCUT2D eigenvalue weighted by Crippen LogP contribution is -2.54. The van der Waals surface area contributed by atoms with E-state index in [0.29, 0.717) is 57.9 Å². The van der Waals surface area contributed by atoms with Gasteiger partial charge in [-0.25, -0.2) is 13.6 Å². The van der Waals surface area contributed by atoms with Crippen LogP contribution in [-0.2, 0) is 28.7 Å². The minimum absolute atomic E-state index is 0.0589. The van der Waals surface area contributed by atoms with E-state index in [2.05, 4.69) is 0 Å². The van der Waals surface area contributed by atoms with Crippen LogP contribution in [0.3, 0.4) is 0 Å². The fraction of sp³-hybridized carbons (Fsp3) is 0.552. The van der Waals surface area contributed by atoms with Crippen molar-refractivity contribution >= 4 is 6.03 Å². The lowest BCUT2D eigenvalue weighted by Gasteiger charge is -2.45. The van der Waals surface area contributed by atoms with Crippen LogP contribution in [0.25, 0.3) is 0 Å². The van der Waals surface area contributed by atoms with Gasteiger partial charge in [-0.05, 0) is 79.8 Å². The van der Waals surface area contributed by atoms with Crippen LogP contribution >= 0.6 is 0 Å². The highest BCUT2D eigenvalue weighted by Gasteiger charge is 2.56. The van der Waals surface area contributed by atoms with Crippen LogP contribution in [0.2, 0.25) is 0 Å². The summed E-state index contributed by atoms with van der Waals surface area (Å²) >= 11 is 0. The van der Waals surface area contributed by atoms with Crippen LogP contribution in [0.5, 0.6) is 0 Å². The second kappa shape index (κ2) is 9.81. The number of ether oxygens (including phenoxy) is 1. The van der Waals surface area contributed by atoms with Gasteiger partial charge in [0.1, 0.15) is 5.82 Å². The quantitative estimate of drug-likeness (QED) is 0.430. The average molecular weight is 537 g/mol. The van der Waals surface area contributed by atoms with Gasteiger partial charge >= 0.3 is 12.2 Å². The molecule has 2 saturated heterocycles. The number of aryl methyl sites for hydroxylation is 1. The molecule has 1 aliphatic carbocycles. The highest BCUT2D eigenvalue weighted by atomic mass is 19.4. The molecule has 2 heterocycles. The van der Waals surface area contributed by atoms with Crippen LogP contribution < -0.4 is 0 Å². The first-order chi connectivity index (χ1) is 17.9. The lowest BCUT2D eigenvalue weighted by molar-refractivity contribution is -0.228. The summed E-state index contributed by atoms with van der Waals surface area (Å²) in [5.41, 5.74) is -2.03. The molecule has 1 unspecified atom stereocenters. The molecular weight excluding hydrogens is 503 g/mol. The summed E-state index contributed by atoms with van der Waals surface area (Å²) in [6.07, 6.45) is -1.38. The van der Waals surface area contributed by atoms with Crippen molar-refractivity contribution in [2.45, 2.75) is 74.8 Å². The van der Waals surface area contributed by atoms with Crippen molar-refractivity contribution in [2.24, 2.45) is 0 Å². The van der Waals surface area contributed by atoms with Crippen molar-refractivity contribution in [3.63, 3.8) is 0 Å². The van der Waals surface area contributed by atoms with E-state index in [0.717, 1.165) is 24.0 Å². The summed E-state index contributed by atoms with van der Waals surface area (Å²) in [5.74, 6) is -0.354. The number of likely N-dealkylation sites (tertiary alicyclic amines) is 1. The van der Waals surface area contributed by atoms with Crippen molar-refractivity contribution in [3.05, 3.63) is 70.5 Å². The van der Waals surface area contributed by atoms with E-state index in [-0.39, 0.29) is 23.9 Å². The van der Waals surface area contributed by atoms with E-state index in [1.807, 2.05) is 11.9 Å². The van der Waals surface area contributed by atoms with Gasteiger partial charge in [0.15, 0.2) is 0 Å². The van der Waals surface area contributed by atoms with Gasteiger partial charge in [-0.3, -0.25) is 0 Å². The first-order valence-corrected chi connectivity index (χ1v) is 13.2. The van der Waals surface area contributed by atoms with Gasteiger partial charge in [0.05, 0.1) is 0 Å². The van der Waals surface area contributed by atoms with E-state index in [1.54, 1.807) is 23.1 Å². The molecule has 2 fully saturated rings. The van der Waals surface area contributed by atoms with Crippen LogP contribution in [0.4, 0.5) is 26.7 Å². The number of alkyl halides is 4. The van der Waals surface area contributed by atoms with E-state index in [4.69, 9.17) is 4.74 Å². The third-order valence-electron chi connectivity index (χ3n) is 8.93. The molecule has 38 heavy (non-hydrogen) atoms. The number of carbonyl (C=O) groups excluding carboxylic acids is 1. The van der Waals surface area contributed by atoms with Gasteiger partial charge in [-0.2, -0.15) is 13.2 Å². The third-order valence-corrected chi connectivity index (χ3v) is 8.93. The molecule has 3 atom stereocenters. The predicted octanol–water partition coefficient (Wildman–Crippen LogP) is 6.30. The molecule has 2 amide bonds. The monoisotopic (exact) mass is 536 g/mol. The zero-order valence-electron chi connectivity index (χ0n) is 21.7. The molecule has 0 saturated carbocycles. The second-order valence-corrected chi connectivity index (χ2v) is 11.1. The standard InChI is InChI=1S/C29H33F5N2O2/c1-27(31,29(32,33)34)21-6-9-24-20(17-21)5-10-25-28(24,18-19-3-7-22(30)8-4-19)13-14-36(25)26(37)35(2)23-11-15-38-16-12-23/h3-4,6-9,17,23,25H,5,10-16,18H2,1-2H3/t25-,27?,28-/m1/s1. The van der Waals surface area contributed by atoms with E-state index in [1.165, 1.54) is 24.3 Å². The average Bonchev–Trinajstić information content (AvgIpc) is 3.28. The molecule has 2 aliphatic heterocycles. The summed E-state index contributed by atoms with van der Waals surface area (Å²) in [5, 5.41) is 0. The highest BCUT2D eigenvalue weighted by molar-refractivity contribution is 5.76. The van der Waals surface area contributed by atoms with Crippen molar-refractivity contribution in [3.8, 4) is 0 Å². The van der Waals surface area contributed by atoms with Crippen molar-refractivity contribution in [2.75, 3.05) is 26.8 Å². The van der Waals surface area contributed by atoms with Crippen molar-refractivity contribution < 1.29 is 31.5 Å². The summed E-state index contributed by atoms with van der Waals surface area (Å²) in [4.78, 5) is 17.4. The van der Waals surface area contributed by atoms with Crippen LogP contribution in [0, 0.1) is 5.82 Å². The summed E-state index contributed by atoms with van der Waals surface area (Å²) in [7, 11) is 1.82. The largest absolute Gasteiger partial charge is 0.426 e. The minimum Gasteiger partial charge on any atom is -0.381 e. The molecule has 3 aliphatic rings. The number of benzene rings is 2. The number of amides is 2. The number of halogens is 5. The zero-order chi connectivity index (χ0) is 27.3. The number of urea groups is 1. The summed E-state index contributed by atoms with van der Waals surface area (Å²) < 4.78 is 74.4. The van der Waals surface area contributed by atoms with Gasteiger partial charge in [-0.15, -0.1) is 0 Å². The van der Waals surface area contributed by atoms with Gasteiger partial charge in [0.25, 0.3) is 0 Å². The predicted molar refractivity (Wildman–Crippen MR) is 133 cm³/mol. The van der Waals surface area contributed by atoms with Crippen molar-refractivity contribution in [1.29, 1.82) is 0 Å². The van der Waals surface area contributed by atoms with E-state index >= 15 is 0 Å². The fourth-order valence-corrected chi connectivity index (χ4v) is 6.65. The van der Waals surface area contributed by atoms with Gasteiger partial charge in [0, 0.05) is 44.3 Å². The molecule has 9 heteroatoms. The van der Waals surface area contributed by atoms with Crippen LogP contribution in [0.15, 0.2) is 42.5 Å². The Balaban J connectivity index is 1.52. The Labute approximate surface area is 219 Å². The Bertz CT molecular complexity index is 1180. The van der Waals surface area contributed by atoms with Crippen LogP contribution in [-0.4, -0.2) is 60.9 Å². The minimum atomic E-state index is -5.03. The van der Waals surface area contributed by atoms with Gasteiger partial charge in [0.2, 0.25) is 5.67 Å². The molecule has 2 aromatic rings. The van der Waals surface area contributed by atoms with E-state index in [9.17, 15) is 26.7 Å². The Kier molecular flexibility index (Phi) is 6.95. The molecular formula is C29H33F5N2O2. The first-order valence-electron chi connectivity index (χ1n) is 13.2. The topological polar surface area (TPSA) is 32.8 Å². The number of hydrogen-bond donors (Lipinski definition) is 0. The van der Waals surface area contributed by atoms with Crippen LogP contribution in [0.1, 0.15) is 54.9 Å². The highest BCUT2D eigenvalue weighted by Crippen LogP contribution is 2.51. The lowest BCUT2D eigenvalue weighted by atomic mass is 9.63. The Morgan fingerprint density at radius 2 is 1.76 bits per heavy atom. The molecule has 0 N–H and O–H groups in total. The maximum atomic E-state index is 14.9. The summed E-state index contributed by atoms with van der Waals surface area (Å²) in [6, 6.07) is 10.3. The number of hydrogen-bond acceptors (Lipinski definition) is 2. The number of rotatable bonds is 4. The molecule has 4 nitrogen and oxygen atoms in total. The molecule has 2 aromatic carbocycles. The summed E-state index contributed by atoms with van der Waals surface area (Å²) in [6.45, 7) is 2.28. The fourth-order valence-electron chi connectivity index (χ4n) is 6.65. The Morgan fingerprint density at radius 3 is 2.42 bits per heavy atom. The number of fused-ring (bicyclic) bond motifs is 3. The van der Waals surface area contributed by atoms with Crippen molar-refractivity contribution in [1.82, 2.24) is 9.80 Å². The maximum Gasteiger partial charge on any atom is 0.426 e. The molecule has 0 radical (unpaired) electrons. The third kappa shape index (κ3) is 4.56. The molecule has 0 aromatic heterocycles. The smallest absolute Gasteiger partial charge is 0.381 e.